The molecule has 0 aliphatic heterocycles. The third-order valence-corrected chi connectivity index (χ3v) is 0. The molecule has 0 atom stereocenters. The molecule has 0 saturated heterocycles. The fourth-order valence-electron chi connectivity index (χ4n) is 0. The zero-order valence-electron chi connectivity index (χ0n) is 8.99. The van der Waals surface area contributed by atoms with E-state index in [1.807, 2.05) is 0 Å². The average molecular weight is 241 g/mol. The maximum absolute atomic E-state index is 8.25. The Kier molecular flexibility index (Phi) is 143. The molecule has 5 nitrogen and oxygen atoms in total. The maximum atomic E-state index is 8.25. The van der Waals surface area contributed by atoms with Crippen LogP contribution in [0, 0.1) is 20.0 Å². The summed E-state index contributed by atoms with van der Waals surface area (Å²) in [5.41, 5.74) is 0. The summed E-state index contributed by atoms with van der Waals surface area (Å²) in [7, 11) is 9.25. The zero-order valence-corrected chi connectivity index (χ0v) is 10.3. The van der Waals surface area contributed by atoms with E-state index >= 15 is 0 Å². The first kappa shape index (κ1) is 37.3. The summed E-state index contributed by atoms with van der Waals surface area (Å²) in [6.07, 6.45) is 0. The maximum Gasteiger partial charge on any atom is 0 e. The van der Waals surface area contributed by atoms with Crippen molar-refractivity contribution in [1.29, 1.82) is 0 Å². The van der Waals surface area contributed by atoms with Gasteiger partial charge in [-0.1, -0.05) is 0 Å². The van der Waals surface area contributed by atoms with Crippen molar-refractivity contribution in [3.63, 3.8) is 0 Å². The molecule has 0 fully saturated rings. The number of hydrogen-bond donors (Lipinski definition) is 0. The van der Waals surface area contributed by atoms with Gasteiger partial charge in [-0.3, -0.25) is 0 Å². The van der Waals surface area contributed by atoms with Crippen molar-refractivity contribution < 1.29 is 40.9 Å². The average Bonchev–Trinajstić information content (AvgIpc) is 2.14. The Morgan fingerprint density at radius 3 is 0.714 bits per heavy atom. The molecule has 0 aliphatic rings. The third kappa shape index (κ3) is 12400. The summed E-state index contributed by atoms with van der Waals surface area (Å²) in [6.45, 7) is 13.5. The largest absolute Gasteiger partial charge is 0 e. The minimum atomic E-state index is 0. The van der Waals surface area contributed by atoms with Crippen LogP contribution in [0.2, 0.25) is 0 Å². The molecule has 0 amide bonds. The molecule has 0 heterocycles. The molecule has 0 bridgehead atoms. The van der Waals surface area contributed by atoms with E-state index in [4.69, 9.17) is 19.1 Å². The topological polar surface area (TPSA) is 82.8 Å². The fraction of sp³-hybridized carbons (Fsp3) is 0.625. The van der Waals surface area contributed by atoms with E-state index in [0.29, 0.717) is 0 Å². The Labute approximate surface area is 96.6 Å². The van der Waals surface area contributed by atoms with Crippen molar-refractivity contribution in [2.45, 2.75) is 0 Å². The number of rotatable bonds is 0. The second-order valence-corrected chi connectivity index (χ2v) is 2.68. The van der Waals surface area contributed by atoms with Gasteiger partial charge in [0, 0.05) is 17.4 Å². The molecule has 0 N–H and O–H groups in total. The summed E-state index contributed by atoms with van der Waals surface area (Å²) in [4.78, 5) is 0. The zero-order chi connectivity index (χ0) is 12.5. The van der Waals surface area contributed by atoms with E-state index in [-0.39, 0.29) is 17.4 Å². The van der Waals surface area contributed by atoms with Crippen molar-refractivity contribution in [2.75, 3.05) is 35.3 Å². The first-order chi connectivity index (χ1) is 6.00. The molecule has 6 heteroatoms. The van der Waals surface area contributed by atoms with Gasteiger partial charge in [0.1, 0.15) is 0 Å². The molecule has 0 spiro atoms. The predicted octanol–water partition coefficient (Wildman–Crippen LogP) is -0.816. The van der Waals surface area contributed by atoms with Crippen molar-refractivity contribution in [1.82, 2.24) is 0 Å². The second-order valence-electron chi connectivity index (χ2n) is 2.68. The molecule has 14 heavy (non-hydrogen) atoms. The molecule has 0 aromatic heterocycles. The molecule has 0 aromatic rings. The van der Waals surface area contributed by atoms with Crippen molar-refractivity contribution in [3.05, 3.63) is 20.0 Å². The molecule has 0 unspecified atom stereocenters. The number of nitrogens with zero attached hydrogens (tertiary/aromatic N) is 1. The van der Waals surface area contributed by atoms with Gasteiger partial charge < -0.3 is 9.59 Å². The Bertz CT molecular complexity index is 94.5. The Balaban J connectivity index is -0.0000000156. The van der Waals surface area contributed by atoms with Gasteiger partial charge in [0.2, 0.25) is 0 Å². The summed E-state index contributed by atoms with van der Waals surface area (Å²) >= 11 is 0. The van der Waals surface area contributed by atoms with Crippen LogP contribution in [-0.2, 0) is 31.3 Å². The molecule has 0 aromatic carbocycles. The van der Waals surface area contributed by atoms with Crippen LogP contribution in [0.5, 0.6) is 0 Å². The van der Waals surface area contributed by atoms with Gasteiger partial charge in [-0.15, -0.1) is 0 Å². The van der Waals surface area contributed by atoms with Crippen LogP contribution in [0.4, 0.5) is 0 Å². The number of hydrogen-bond acceptors (Lipinski definition) is 1. The summed E-state index contributed by atoms with van der Waals surface area (Å²) in [5, 5.41) is 8.25. The van der Waals surface area contributed by atoms with Gasteiger partial charge in [0.15, 0.2) is 0 Å². The van der Waals surface area contributed by atoms with Crippen molar-refractivity contribution in [2.24, 2.45) is 0 Å². The SMILES string of the molecule is C[N+](C)(C)C.C[O-].[C-]#[O+].[C-]#[O+].[C-]#[O+].[Cr]. The van der Waals surface area contributed by atoms with Crippen LogP contribution >= 0.6 is 0 Å². The standard InChI is InChI=1S/C4H12N.CH3O.3CO.Cr/c1-5(2,3)4;4*1-2;/h1-4H3;1H3;;;;/q+1;-1;;;;. The summed E-state index contributed by atoms with van der Waals surface area (Å²) < 4.78 is 23.5. The van der Waals surface area contributed by atoms with E-state index in [1.54, 1.807) is 0 Å². The minimum absolute atomic E-state index is 0. The van der Waals surface area contributed by atoms with Gasteiger partial charge in [-0.05, 0) is 0 Å². The predicted molar refractivity (Wildman–Crippen MR) is 41.7 cm³/mol. The monoisotopic (exact) mass is 241 g/mol. The van der Waals surface area contributed by atoms with Gasteiger partial charge in [0.05, 0.1) is 28.2 Å². The molecule has 0 radical (unpaired) electrons. The van der Waals surface area contributed by atoms with Gasteiger partial charge in [-0.2, -0.15) is 7.11 Å². The normalized spacial score (nSPS) is 5.14. The van der Waals surface area contributed by atoms with Crippen molar-refractivity contribution in [3.8, 4) is 0 Å². The van der Waals surface area contributed by atoms with E-state index in [2.05, 4.69) is 48.1 Å². The van der Waals surface area contributed by atoms with E-state index < -0.39 is 0 Å². The summed E-state index contributed by atoms with van der Waals surface area (Å²) in [5.74, 6) is 0. The quantitative estimate of drug-likeness (QED) is 0.310. The fourth-order valence-corrected chi connectivity index (χ4v) is 0. The summed E-state index contributed by atoms with van der Waals surface area (Å²) in [6, 6.07) is 0. The molecule has 0 aliphatic carbocycles. The van der Waals surface area contributed by atoms with Gasteiger partial charge in [-0.25, -0.2) is 0 Å². The Hall–Kier alpha value is -0.328. The van der Waals surface area contributed by atoms with Crippen LogP contribution in [-0.4, -0.2) is 39.8 Å². The van der Waals surface area contributed by atoms with Crippen LogP contribution in [0.25, 0.3) is 0 Å². The van der Waals surface area contributed by atoms with Crippen LogP contribution in [0.1, 0.15) is 0 Å². The van der Waals surface area contributed by atoms with Crippen LogP contribution in [0.3, 0.4) is 0 Å². The molecule has 0 rings (SSSR count). The van der Waals surface area contributed by atoms with Gasteiger partial charge in [0.25, 0.3) is 0 Å². The molecule has 82 valence electrons. The van der Waals surface area contributed by atoms with E-state index in [1.165, 1.54) is 0 Å². The van der Waals surface area contributed by atoms with E-state index in [0.717, 1.165) is 11.6 Å². The molecular formula is C8H15CrNO4. The first-order valence-electron chi connectivity index (χ1n) is 2.81. The second kappa shape index (κ2) is 53.7. The molecule has 0 saturated carbocycles. The Morgan fingerprint density at radius 2 is 0.714 bits per heavy atom. The van der Waals surface area contributed by atoms with E-state index in [9.17, 15) is 0 Å². The van der Waals surface area contributed by atoms with Crippen LogP contribution in [0.15, 0.2) is 0 Å². The van der Waals surface area contributed by atoms with Crippen molar-refractivity contribution >= 4 is 0 Å². The van der Waals surface area contributed by atoms with Gasteiger partial charge >= 0.3 is 33.9 Å². The minimum Gasteiger partial charge on any atom is 0 e. The first-order valence-corrected chi connectivity index (χ1v) is 2.81. The molecular weight excluding hydrogens is 226 g/mol. The van der Waals surface area contributed by atoms with Crippen LogP contribution < -0.4 is 5.11 Å². The number of quaternary nitrogens is 1. The smallest absolute Gasteiger partial charge is 0 e. The third-order valence-electron chi connectivity index (χ3n) is 0. The Morgan fingerprint density at radius 1 is 0.714 bits per heavy atom.